The van der Waals surface area contributed by atoms with Crippen LogP contribution >= 0.6 is 11.6 Å². The molecule has 4 N–H and O–H groups in total. The normalized spacial score (nSPS) is 11.5. The SMILES string of the molecule is O=C(CNC(=O)Cc1ccccc1)NCCNCC(O)COc1ccccc1Cl. The van der Waals surface area contributed by atoms with Gasteiger partial charge in [0.1, 0.15) is 18.5 Å². The number of carbonyl (C=O) groups excluding carboxylic acids is 2. The van der Waals surface area contributed by atoms with Crippen molar-refractivity contribution >= 4 is 23.4 Å². The Morgan fingerprint density at radius 1 is 0.966 bits per heavy atom. The Kier molecular flexibility index (Phi) is 9.99. The highest BCUT2D eigenvalue weighted by Crippen LogP contribution is 2.22. The smallest absolute Gasteiger partial charge is 0.239 e. The van der Waals surface area contributed by atoms with E-state index in [0.29, 0.717) is 30.4 Å². The summed E-state index contributed by atoms with van der Waals surface area (Å²) in [6, 6.07) is 16.4. The van der Waals surface area contributed by atoms with E-state index in [1.807, 2.05) is 30.3 Å². The first-order valence-electron chi connectivity index (χ1n) is 9.38. The van der Waals surface area contributed by atoms with Gasteiger partial charge in [-0.3, -0.25) is 9.59 Å². The van der Waals surface area contributed by atoms with Gasteiger partial charge in [-0.15, -0.1) is 0 Å². The molecule has 0 heterocycles. The van der Waals surface area contributed by atoms with Crippen LogP contribution < -0.4 is 20.7 Å². The molecule has 2 aromatic rings. The summed E-state index contributed by atoms with van der Waals surface area (Å²) < 4.78 is 5.46. The molecule has 1 atom stereocenters. The molecule has 7 nitrogen and oxygen atoms in total. The van der Waals surface area contributed by atoms with E-state index in [2.05, 4.69) is 16.0 Å². The van der Waals surface area contributed by atoms with Crippen molar-refractivity contribution in [2.75, 3.05) is 32.8 Å². The predicted octanol–water partition coefficient (Wildman–Crippen LogP) is 1.14. The van der Waals surface area contributed by atoms with Crippen LogP contribution in [-0.4, -0.2) is 55.8 Å². The van der Waals surface area contributed by atoms with E-state index in [4.69, 9.17) is 16.3 Å². The zero-order chi connectivity index (χ0) is 20.9. The fourth-order valence-electron chi connectivity index (χ4n) is 2.45. The maximum Gasteiger partial charge on any atom is 0.239 e. The predicted molar refractivity (Wildman–Crippen MR) is 112 cm³/mol. The van der Waals surface area contributed by atoms with Crippen LogP contribution in [-0.2, 0) is 16.0 Å². The van der Waals surface area contributed by atoms with Gasteiger partial charge in [-0.25, -0.2) is 0 Å². The summed E-state index contributed by atoms with van der Waals surface area (Å²) >= 11 is 5.98. The zero-order valence-electron chi connectivity index (χ0n) is 16.1. The molecule has 2 amide bonds. The van der Waals surface area contributed by atoms with Crippen molar-refractivity contribution in [3.05, 3.63) is 65.2 Å². The summed E-state index contributed by atoms with van der Waals surface area (Å²) in [5.74, 6) is 0.0525. The summed E-state index contributed by atoms with van der Waals surface area (Å²) in [7, 11) is 0. The van der Waals surface area contributed by atoms with Crippen LogP contribution in [0.3, 0.4) is 0 Å². The van der Waals surface area contributed by atoms with Crippen molar-refractivity contribution in [3.8, 4) is 5.75 Å². The Morgan fingerprint density at radius 2 is 1.69 bits per heavy atom. The van der Waals surface area contributed by atoms with E-state index in [9.17, 15) is 14.7 Å². The Labute approximate surface area is 175 Å². The van der Waals surface area contributed by atoms with Gasteiger partial charge in [-0.2, -0.15) is 0 Å². The van der Waals surface area contributed by atoms with E-state index in [1.165, 1.54) is 0 Å². The molecule has 0 aliphatic rings. The van der Waals surface area contributed by atoms with Gasteiger partial charge in [0.25, 0.3) is 0 Å². The van der Waals surface area contributed by atoms with E-state index >= 15 is 0 Å². The number of para-hydroxylation sites is 1. The van der Waals surface area contributed by atoms with Crippen LogP contribution in [0.4, 0.5) is 0 Å². The second-order valence-corrected chi connectivity index (χ2v) is 6.80. The number of benzene rings is 2. The minimum absolute atomic E-state index is 0.0695. The lowest BCUT2D eigenvalue weighted by Gasteiger charge is -2.14. The molecule has 0 aromatic heterocycles. The monoisotopic (exact) mass is 419 g/mol. The molecule has 2 rings (SSSR count). The van der Waals surface area contributed by atoms with E-state index in [-0.39, 0.29) is 31.4 Å². The molecule has 0 spiro atoms. The third-order valence-electron chi connectivity index (χ3n) is 3.93. The first kappa shape index (κ1) is 22.7. The van der Waals surface area contributed by atoms with Gasteiger partial charge >= 0.3 is 0 Å². The van der Waals surface area contributed by atoms with E-state index in [1.54, 1.807) is 24.3 Å². The molecule has 0 bridgehead atoms. The molecule has 8 heteroatoms. The lowest BCUT2D eigenvalue weighted by Crippen LogP contribution is -2.41. The number of hydrogen-bond acceptors (Lipinski definition) is 5. The molecule has 0 aliphatic carbocycles. The van der Waals surface area contributed by atoms with Crippen LogP contribution in [0, 0.1) is 0 Å². The molecule has 0 aliphatic heterocycles. The average molecular weight is 420 g/mol. The van der Waals surface area contributed by atoms with Crippen molar-refractivity contribution in [2.45, 2.75) is 12.5 Å². The first-order valence-corrected chi connectivity index (χ1v) is 9.76. The van der Waals surface area contributed by atoms with Gasteiger partial charge in [0, 0.05) is 19.6 Å². The standard InChI is InChI=1S/C21H26ClN3O4/c22-18-8-4-5-9-19(18)29-15-17(26)13-23-10-11-24-21(28)14-25-20(27)12-16-6-2-1-3-7-16/h1-9,17,23,26H,10-15H2,(H,24,28)(H,25,27). The average Bonchev–Trinajstić information content (AvgIpc) is 2.72. The fraction of sp³-hybridized carbons (Fsp3) is 0.333. The molecule has 29 heavy (non-hydrogen) atoms. The van der Waals surface area contributed by atoms with Crippen LogP contribution in [0.5, 0.6) is 5.75 Å². The molecule has 0 saturated carbocycles. The Balaban J connectivity index is 1.49. The lowest BCUT2D eigenvalue weighted by molar-refractivity contribution is -0.125. The number of rotatable bonds is 12. The van der Waals surface area contributed by atoms with Gasteiger partial charge in [0.05, 0.1) is 18.0 Å². The topological polar surface area (TPSA) is 99.7 Å². The fourth-order valence-corrected chi connectivity index (χ4v) is 2.64. The number of aliphatic hydroxyl groups is 1. The highest BCUT2D eigenvalue weighted by atomic mass is 35.5. The number of aliphatic hydroxyl groups excluding tert-OH is 1. The third-order valence-corrected chi connectivity index (χ3v) is 4.24. The van der Waals surface area contributed by atoms with Crippen molar-refractivity contribution < 1.29 is 19.4 Å². The van der Waals surface area contributed by atoms with Crippen LogP contribution in [0.2, 0.25) is 5.02 Å². The van der Waals surface area contributed by atoms with Gasteiger partial charge in [-0.1, -0.05) is 54.1 Å². The van der Waals surface area contributed by atoms with Crippen LogP contribution in [0.15, 0.2) is 54.6 Å². The van der Waals surface area contributed by atoms with Gasteiger partial charge in [0.2, 0.25) is 11.8 Å². The summed E-state index contributed by atoms with van der Waals surface area (Å²) in [5.41, 5.74) is 0.895. The number of amides is 2. The largest absolute Gasteiger partial charge is 0.489 e. The molecule has 0 fully saturated rings. The van der Waals surface area contributed by atoms with Crippen molar-refractivity contribution in [3.63, 3.8) is 0 Å². The number of nitrogens with one attached hydrogen (secondary N) is 3. The van der Waals surface area contributed by atoms with E-state index < -0.39 is 6.10 Å². The maximum absolute atomic E-state index is 11.8. The summed E-state index contributed by atoms with van der Waals surface area (Å²) in [6.45, 7) is 1.21. The second kappa shape index (κ2) is 12.8. The molecule has 2 aromatic carbocycles. The van der Waals surface area contributed by atoms with Crippen molar-refractivity contribution in [1.82, 2.24) is 16.0 Å². The molecule has 1 unspecified atom stereocenters. The summed E-state index contributed by atoms with van der Waals surface area (Å²) in [6.07, 6.45) is -0.469. The van der Waals surface area contributed by atoms with Gasteiger partial charge in [0.15, 0.2) is 0 Å². The molecular formula is C21H26ClN3O4. The highest BCUT2D eigenvalue weighted by molar-refractivity contribution is 6.32. The van der Waals surface area contributed by atoms with Crippen molar-refractivity contribution in [2.24, 2.45) is 0 Å². The van der Waals surface area contributed by atoms with Crippen LogP contribution in [0.25, 0.3) is 0 Å². The zero-order valence-corrected chi connectivity index (χ0v) is 16.8. The molecule has 156 valence electrons. The minimum atomic E-state index is -0.709. The first-order chi connectivity index (χ1) is 14.0. The number of hydrogen-bond donors (Lipinski definition) is 4. The van der Waals surface area contributed by atoms with Gasteiger partial charge < -0.3 is 25.8 Å². The minimum Gasteiger partial charge on any atom is -0.489 e. The molecule has 0 radical (unpaired) electrons. The summed E-state index contributed by atoms with van der Waals surface area (Å²) in [4.78, 5) is 23.6. The van der Waals surface area contributed by atoms with Gasteiger partial charge in [-0.05, 0) is 17.7 Å². The maximum atomic E-state index is 11.8. The quantitative estimate of drug-likeness (QED) is 0.387. The van der Waals surface area contributed by atoms with E-state index in [0.717, 1.165) is 5.56 Å². The number of ether oxygens (including phenoxy) is 1. The summed E-state index contributed by atoms with van der Waals surface area (Å²) in [5, 5.41) is 18.7. The lowest BCUT2D eigenvalue weighted by atomic mass is 10.1. The molecular weight excluding hydrogens is 394 g/mol. The Morgan fingerprint density at radius 3 is 2.45 bits per heavy atom. The Hall–Kier alpha value is -2.61. The number of carbonyl (C=O) groups is 2. The van der Waals surface area contributed by atoms with Crippen LogP contribution in [0.1, 0.15) is 5.56 Å². The van der Waals surface area contributed by atoms with Crippen molar-refractivity contribution in [1.29, 1.82) is 0 Å². The Bertz CT molecular complexity index is 774. The number of halogens is 1. The third kappa shape index (κ3) is 9.43. The highest BCUT2D eigenvalue weighted by Gasteiger charge is 2.08. The second-order valence-electron chi connectivity index (χ2n) is 6.39. The molecule has 0 saturated heterocycles.